The average molecular weight is 332 g/mol. The van der Waals surface area contributed by atoms with Gasteiger partial charge in [0.05, 0.1) is 0 Å². The number of carbonyl (C=O) groups is 1. The van der Waals surface area contributed by atoms with E-state index in [2.05, 4.69) is 19.2 Å². The summed E-state index contributed by atoms with van der Waals surface area (Å²) in [6.07, 6.45) is 1.10. The van der Waals surface area contributed by atoms with Crippen LogP contribution in [-0.4, -0.2) is 12.5 Å². The third-order valence-electron chi connectivity index (χ3n) is 3.88. The van der Waals surface area contributed by atoms with Gasteiger partial charge in [-0.25, -0.2) is 0 Å². The van der Waals surface area contributed by atoms with E-state index in [1.54, 1.807) is 12.1 Å². The first kappa shape index (κ1) is 17.4. The zero-order valence-corrected chi connectivity index (χ0v) is 14.5. The van der Waals surface area contributed by atoms with E-state index >= 15 is 0 Å². The zero-order valence-electron chi connectivity index (χ0n) is 13.7. The van der Waals surface area contributed by atoms with Gasteiger partial charge < -0.3 is 10.1 Å². The maximum absolute atomic E-state index is 12.0. The molecule has 1 atom stereocenters. The second kappa shape index (κ2) is 8.02. The summed E-state index contributed by atoms with van der Waals surface area (Å²) in [5.41, 5.74) is 2.97. The van der Waals surface area contributed by atoms with Crippen molar-refractivity contribution in [2.45, 2.75) is 33.1 Å². The minimum absolute atomic E-state index is 0.0335. The maximum Gasteiger partial charge on any atom is 0.262 e. The highest BCUT2D eigenvalue weighted by Gasteiger charge is 2.06. The Balaban J connectivity index is 1.88. The Morgan fingerprint density at radius 2 is 1.91 bits per heavy atom. The van der Waals surface area contributed by atoms with Gasteiger partial charge in [0.2, 0.25) is 0 Å². The van der Waals surface area contributed by atoms with Crippen LogP contribution in [-0.2, 0) is 4.79 Å². The van der Waals surface area contributed by atoms with Crippen LogP contribution in [0.1, 0.15) is 37.3 Å². The van der Waals surface area contributed by atoms with Crippen LogP contribution in [0.5, 0.6) is 5.75 Å². The topological polar surface area (TPSA) is 38.3 Å². The lowest BCUT2D eigenvalue weighted by Gasteiger charge is -2.11. The van der Waals surface area contributed by atoms with Gasteiger partial charge in [-0.15, -0.1) is 0 Å². The standard InChI is InChI=1S/C19H22ClNO2/c1-4-13(2)15-5-7-16(8-6-15)21-19(22)12-23-17-9-10-18(20)14(3)11-17/h5-11,13H,4,12H2,1-3H3,(H,21,22)/t13-/m0/s1. The van der Waals surface area contributed by atoms with Crippen LogP contribution in [0.3, 0.4) is 0 Å². The van der Waals surface area contributed by atoms with E-state index in [0.717, 1.165) is 17.7 Å². The number of carbonyl (C=O) groups excluding carboxylic acids is 1. The summed E-state index contributed by atoms with van der Waals surface area (Å²) in [6, 6.07) is 13.3. The highest BCUT2D eigenvalue weighted by Crippen LogP contribution is 2.22. The van der Waals surface area contributed by atoms with Crippen molar-refractivity contribution in [1.29, 1.82) is 0 Å². The largest absolute Gasteiger partial charge is 0.484 e. The quantitative estimate of drug-likeness (QED) is 0.792. The lowest BCUT2D eigenvalue weighted by atomic mass is 9.99. The Labute approximate surface area is 142 Å². The van der Waals surface area contributed by atoms with Crippen LogP contribution < -0.4 is 10.1 Å². The first-order valence-electron chi connectivity index (χ1n) is 7.78. The molecule has 0 aliphatic rings. The number of amides is 1. The second-order valence-corrected chi connectivity index (χ2v) is 6.09. The van der Waals surface area contributed by atoms with Crippen molar-refractivity contribution < 1.29 is 9.53 Å². The molecule has 1 amide bonds. The first-order chi connectivity index (χ1) is 11.0. The number of rotatable bonds is 6. The Bertz CT molecular complexity index is 668. The van der Waals surface area contributed by atoms with E-state index in [9.17, 15) is 4.79 Å². The molecule has 0 heterocycles. The normalized spacial score (nSPS) is 11.8. The van der Waals surface area contributed by atoms with Gasteiger partial charge in [-0.1, -0.05) is 37.6 Å². The molecular weight excluding hydrogens is 310 g/mol. The molecule has 0 fully saturated rings. The van der Waals surface area contributed by atoms with E-state index in [1.165, 1.54) is 5.56 Å². The van der Waals surface area contributed by atoms with Gasteiger partial charge in [0.1, 0.15) is 5.75 Å². The van der Waals surface area contributed by atoms with E-state index in [0.29, 0.717) is 16.7 Å². The van der Waals surface area contributed by atoms with Gasteiger partial charge in [-0.05, 0) is 60.7 Å². The fourth-order valence-electron chi connectivity index (χ4n) is 2.18. The molecule has 2 rings (SSSR count). The molecule has 122 valence electrons. The third-order valence-corrected chi connectivity index (χ3v) is 4.30. The minimum Gasteiger partial charge on any atom is -0.484 e. The van der Waals surface area contributed by atoms with Gasteiger partial charge in [0, 0.05) is 10.7 Å². The number of nitrogens with one attached hydrogen (secondary N) is 1. The monoisotopic (exact) mass is 331 g/mol. The number of hydrogen-bond donors (Lipinski definition) is 1. The SMILES string of the molecule is CC[C@H](C)c1ccc(NC(=O)COc2ccc(Cl)c(C)c2)cc1. The molecule has 0 unspecified atom stereocenters. The van der Waals surface area contributed by atoms with Gasteiger partial charge in [-0.3, -0.25) is 4.79 Å². The number of ether oxygens (including phenoxy) is 1. The lowest BCUT2D eigenvalue weighted by Crippen LogP contribution is -2.20. The molecular formula is C19H22ClNO2. The molecule has 0 saturated heterocycles. The highest BCUT2D eigenvalue weighted by atomic mass is 35.5. The summed E-state index contributed by atoms with van der Waals surface area (Å²) >= 11 is 5.96. The van der Waals surface area contributed by atoms with Crippen LogP contribution in [0, 0.1) is 6.92 Å². The fourth-order valence-corrected chi connectivity index (χ4v) is 2.30. The number of anilines is 1. The third kappa shape index (κ3) is 5.00. The molecule has 0 radical (unpaired) electrons. The smallest absolute Gasteiger partial charge is 0.262 e. The summed E-state index contributed by atoms with van der Waals surface area (Å²) in [4.78, 5) is 12.0. The molecule has 0 bridgehead atoms. The van der Waals surface area contributed by atoms with Crippen molar-refractivity contribution in [1.82, 2.24) is 0 Å². The van der Waals surface area contributed by atoms with Crippen molar-refractivity contribution >= 4 is 23.2 Å². The molecule has 0 aliphatic heterocycles. The summed E-state index contributed by atoms with van der Waals surface area (Å²) in [5, 5.41) is 3.52. The molecule has 2 aromatic carbocycles. The fraction of sp³-hybridized carbons (Fsp3) is 0.316. The van der Waals surface area contributed by atoms with Gasteiger partial charge in [0.15, 0.2) is 6.61 Å². The van der Waals surface area contributed by atoms with Crippen molar-refractivity contribution in [3.05, 3.63) is 58.6 Å². The zero-order chi connectivity index (χ0) is 16.8. The molecule has 23 heavy (non-hydrogen) atoms. The summed E-state index contributed by atoms with van der Waals surface area (Å²) in [5.74, 6) is 0.972. The van der Waals surface area contributed by atoms with E-state index in [1.807, 2.05) is 37.3 Å². The van der Waals surface area contributed by atoms with Crippen molar-refractivity contribution in [2.24, 2.45) is 0 Å². The number of benzene rings is 2. The Morgan fingerprint density at radius 1 is 1.22 bits per heavy atom. The molecule has 0 aliphatic carbocycles. The molecule has 4 heteroatoms. The molecule has 3 nitrogen and oxygen atoms in total. The maximum atomic E-state index is 12.0. The van der Waals surface area contributed by atoms with Gasteiger partial charge >= 0.3 is 0 Å². The summed E-state index contributed by atoms with van der Waals surface area (Å²) in [6.45, 7) is 6.22. The first-order valence-corrected chi connectivity index (χ1v) is 8.16. The van der Waals surface area contributed by atoms with Crippen molar-refractivity contribution in [3.8, 4) is 5.75 Å². The van der Waals surface area contributed by atoms with Gasteiger partial charge in [0.25, 0.3) is 5.91 Å². The summed E-state index contributed by atoms with van der Waals surface area (Å²) < 4.78 is 5.48. The highest BCUT2D eigenvalue weighted by molar-refractivity contribution is 6.31. The average Bonchev–Trinajstić information content (AvgIpc) is 2.56. The molecule has 0 saturated carbocycles. The Kier molecular flexibility index (Phi) is 6.05. The molecule has 0 aromatic heterocycles. The van der Waals surface area contributed by atoms with Crippen LogP contribution in [0.15, 0.2) is 42.5 Å². The molecule has 2 aromatic rings. The Morgan fingerprint density at radius 3 is 2.52 bits per heavy atom. The van der Waals surface area contributed by atoms with Crippen LogP contribution >= 0.6 is 11.6 Å². The molecule has 1 N–H and O–H groups in total. The van der Waals surface area contributed by atoms with E-state index in [-0.39, 0.29) is 12.5 Å². The van der Waals surface area contributed by atoms with Crippen molar-refractivity contribution in [3.63, 3.8) is 0 Å². The van der Waals surface area contributed by atoms with E-state index in [4.69, 9.17) is 16.3 Å². The number of hydrogen-bond acceptors (Lipinski definition) is 2. The number of aryl methyl sites for hydroxylation is 1. The minimum atomic E-state index is -0.186. The number of halogens is 1. The predicted molar refractivity (Wildman–Crippen MR) is 95.5 cm³/mol. The lowest BCUT2D eigenvalue weighted by molar-refractivity contribution is -0.118. The van der Waals surface area contributed by atoms with Crippen LogP contribution in [0.25, 0.3) is 0 Å². The second-order valence-electron chi connectivity index (χ2n) is 5.68. The molecule has 0 spiro atoms. The van der Waals surface area contributed by atoms with Crippen LogP contribution in [0.4, 0.5) is 5.69 Å². The van der Waals surface area contributed by atoms with Gasteiger partial charge in [-0.2, -0.15) is 0 Å². The van der Waals surface area contributed by atoms with Crippen LogP contribution in [0.2, 0.25) is 5.02 Å². The predicted octanol–water partition coefficient (Wildman–Crippen LogP) is 5.18. The summed E-state index contributed by atoms with van der Waals surface area (Å²) in [7, 11) is 0. The van der Waals surface area contributed by atoms with Crippen molar-refractivity contribution in [2.75, 3.05) is 11.9 Å². The Hall–Kier alpha value is -2.00. The van der Waals surface area contributed by atoms with E-state index < -0.39 is 0 Å².